The number of fused-ring (bicyclic) bond motifs is 1. The van der Waals surface area contributed by atoms with Crippen LogP contribution in [0.4, 0.5) is 0 Å². The van der Waals surface area contributed by atoms with Gasteiger partial charge in [-0.1, -0.05) is 66.7 Å². The molecule has 0 saturated heterocycles. The fourth-order valence-electron chi connectivity index (χ4n) is 2.27. The first-order chi connectivity index (χ1) is 8.90. The van der Waals surface area contributed by atoms with E-state index in [0.29, 0.717) is 5.56 Å². The summed E-state index contributed by atoms with van der Waals surface area (Å²) in [5.41, 5.74) is 2.62. The maximum Gasteiger partial charge on any atom is 0.234 e. The van der Waals surface area contributed by atoms with Crippen LogP contribution in [0.2, 0.25) is 0 Å². The van der Waals surface area contributed by atoms with Gasteiger partial charge in [-0.15, -0.1) is 0 Å². The number of benzene rings is 3. The molecule has 0 unspecified atom stereocenters. The largest absolute Gasteiger partial charge is 0.285 e. The predicted octanol–water partition coefficient (Wildman–Crippen LogP) is 3.96. The Morgan fingerprint density at radius 1 is 0.667 bits per heavy atom. The molecule has 3 aromatic carbocycles. The number of hydrogen-bond acceptors (Lipinski definition) is 1. The monoisotopic (exact) mass is 231 g/mol. The summed E-state index contributed by atoms with van der Waals surface area (Å²) < 4.78 is 0. The van der Waals surface area contributed by atoms with Crippen LogP contribution in [0.15, 0.2) is 66.7 Å². The Hall–Kier alpha value is -2.41. The molecule has 0 aliphatic rings. The summed E-state index contributed by atoms with van der Waals surface area (Å²) in [4.78, 5) is 11.0. The smallest absolute Gasteiger partial charge is 0.234 e. The van der Waals surface area contributed by atoms with Gasteiger partial charge in [0.15, 0.2) is 0 Å². The van der Waals surface area contributed by atoms with Gasteiger partial charge in [0.25, 0.3) is 0 Å². The van der Waals surface area contributed by atoms with Crippen molar-refractivity contribution in [3.63, 3.8) is 0 Å². The average molecular weight is 231 g/mol. The highest BCUT2D eigenvalue weighted by atomic mass is 16.1. The highest BCUT2D eigenvalue weighted by molar-refractivity contribution is 6.00. The first-order valence-corrected chi connectivity index (χ1v) is 5.85. The molecule has 0 heterocycles. The van der Waals surface area contributed by atoms with Crippen molar-refractivity contribution < 1.29 is 4.79 Å². The van der Waals surface area contributed by atoms with Gasteiger partial charge < -0.3 is 0 Å². The summed E-state index contributed by atoms with van der Waals surface area (Å²) in [6, 6.07) is 21.9. The normalized spacial score (nSPS) is 10.4. The summed E-state index contributed by atoms with van der Waals surface area (Å²) in [7, 11) is 0. The van der Waals surface area contributed by atoms with Crippen LogP contribution in [-0.2, 0) is 4.79 Å². The van der Waals surface area contributed by atoms with Crippen molar-refractivity contribution >= 4 is 17.1 Å². The van der Waals surface area contributed by atoms with E-state index in [4.69, 9.17) is 0 Å². The molecule has 0 amide bonds. The van der Waals surface area contributed by atoms with Gasteiger partial charge in [0.2, 0.25) is 6.29 Å². The Morgan fingerprint density at radius 2 is 1.33 bits per heavy atom. The maximum atomic E-state index is 11.0. The van der Waals surface area contributed by atoms with Crippen molar-refractivity contribution in [1.82, 2.24) is 0 Å². The third-order valence-corrected chi connectivity index (χ3v) is 3.12. The molecule has 0 fully saturated rings. The molecule has 0 spiro atoms. The van der Waals surface area contributed by atoms with Crippen LogP contribution in [0.25, 0.3) is 21.9 Å². The van der Waals surface area contributed by atoms with Crippen molar-refractivity contribution in [2.24, 2.45) is 0 Å². The second-order valence-electron chi connectivity index (χ2n) is 4.17. The molecule has 3 aromatic rings. The molecule has 0 saturated carbocycles. The lowest BCUT2D eigenvalue weighted by Gasteiger charge is -2.08. The minimum atomic E-state index is 0.605. The Morgan fingerprint density at radius 3 is 2.22 bits per heavy atom. The van der Waals surface area contributed by atoms with Gasteiger partial charge in [0, 0.05) is 5.56 Å². The zero-order chi connectivity index (χ0) is 12.4. The van der Waals surface area contributed by atoms with Crippen LogP contribution in [0.5, 0.6) is 0 Å². The quantitative estimate of drug-likeness (QED) is 0.652. The first-order valence-electron chi connectivity index (χ1n) is 5.85. The molecule has 18 heavy (non-hydrogen) atoms. The van der Waals surface area contributed by atoms with Crippen LogP contribution >= 0.6 is 0 Å². The summed E-state index contributed by atoms with van der Waals surface area (Å²) in [5.74, 6) is 0. The SMILES string of the molecule is O=[C]c1ccccc1-c1cccc2ccccc12. The van der Waals surface area contributed by atoms with Gasteiger partial charge >= 0.3 is 0 Å². The Kier molecular flexibility index (Phi) is 2.66. The van der Waals surface area contributed by atoms with Crippen LogP contribution in [0, 0.1) is 0 Å². The van der Waals surface area contributed by atoms with Gasteiger partial charge in [0.05, 0.1) is 0 Å². The summed E-state index contributed by atoms with van der Waals surface area (Å²) in [6.45, 7) is 0. The van der Waals surface area contributed by atoms with Crippen molar-refractivity contribution in [2.45, 2.75) is 0 Å². The molecule has 1 heteroatoms. The molecule has 0 aliphatic heterocycles. The summed E-state index contributed by atoms with van der Waals surface area (Å²) >= 11 is 0. The lowest BCUT2D eigenvalue weighted by molar-refractivity contribution is 0.563. The van der Waals surface area contributed by atoms with Gasteiger partial charge in [-0.05, 0) is 21.9 Å². The fourth-order valence-corrected chi connectivity index (χ4v) is 2.27. The van der Waals surface area contributed by atoms with Gasteiger partial charge in [-0.3, -0.25) is 4.79 Å². The molecule has 0 aromatic heterocycles. The molecule has 0 atom stereocenters. The second-order valence-corrected chi connectivity index (χ2v) is 4.17. The molecule has 3 rings (SSSR count). The van der Waals surface area contributed by atoms with Gasteiger partial charge in [-0.25, -0.2) is 0 Å². The van der Waals surface area contributed by atoms with Crippen LogP contribution in [0.3, 0.4) is 0 Å². The van der Waals surface area contributed by atoms with E-state index in [1.54, 1.807) is 6.07 Å². The van der Waals surface area contributed by atoms with Gasteiger partial charge in [-0.2, -0.15) is 0 Å². The Balaban J connectivity index is 2.35. The lowest BCUT2D eigenvalue weighted by Crippen LogP contribution is -1.88. The molecule has 0 aliphatic carbocycles. The highest BCUT2D eigenvalue weighted by Crippen LogP contribution is 2.30. The maximum absolute atomic E-state index is 11.0. The molecular weight excluding hydrogens is 220 g/mol. The van der Waals surface area contributed by atoms with Crippen molar-refractivity contribution in [3.8, 4) is 11.1 Å². The minimum Gasteiger partial charge on any atom is -0.285 e. The summed E-state index contributed by atoms with van der Waals surface area (Å²) in [5, 5.41) is 2.33. The molecule has 0 bridgehead atoms. The first kappa shape index (κ1) is 10.7. The zero-order valence-electron chi connectivity index (χ0n) is 9.76. The van der Waals surface area contributed by atoms with Crippen LogP contribution < -0.4 is 0 Å². The topological polar surface area (TPSA) is 17.1 Å². The standard InChI is InChI=1S/C17H11O/c18-12-14-7-2-4-10-16(14)17-11-5-8-13-6-1-3-9-15(13)17/h1-11H. The predicted molar refractivity (Wildman–Crippen MR) is 74.2 cm³/mol. The molecule has 85 valence electrons. The van der Waals surface area contributed by atoms with E-state index in [9.17, 15) is 4.79 Å². The van der Waals surface area contributed by atoms with Gasteiger partial charge in [0.1, 0.15) is 0 Å². The van der Waals surface area contributed by atoms with Crippen molar-refractivity contribution in [1.29, 1.82) is 0 Å². The third kappa shape index (κ3) is 1.70. The second kappa shape index (κ2) is 4.46. The lowest BCUT2D eigenvalue weighted by atomic mass is 9.95. The number of carbonyl (C=O) groups excluding carboxylic acids is 1. The molecular formula is C17H11O. The van der Waals surface area contributed by atoms with E-state index in [0.717, 1.165) is 16.5 Å². The van der Waals surface area contributed by atoms with E-state index in [1.807, 2.05) is 48.8 Å². The van der Waals surface area contributed by atoms with Crippen molar-refractivity contribution in [3.05, 3.63) is 72.3 Å². The Bertz CT molecular complexity index is 708. The van der Waals surface area contributed by atoms with E-state index in [1.165, 1.54) is 5.39 Å². The molecule has 0 N–H and O–H groups in total. The fraction of sp³-hybridized carbons (Fsp3) is 0. The highest BCUT2D eigenvalue weighted by Gasteiger charge is 2.07. The number of rotatable bonds is 2. The minimum absolute atomic E-state index is 0.605. The summed E-state index contributed by atoms with van der Waals surface area (Å²) in [6.07, 6.45) is 2.01. The Labute approximate surface area is 106 Å². The van der Waals surface area contributed by atoms with Crippen LogP contribution in [0.1, 0.15) is 5.56 Å². The number of hydrogen-bond donors (Lipinski definition) is 0. The average Bonchev–Trinajstić information content (AvgIpc) is 2.46. The van der Waals surface area contributed by atoms with E-state index < -0.39 is 0 Å². The third-order valence-electron chi connectivity index (χ3n) is 3.12. The van der Waals surface area contributed by atoms with Crippen molar-refractivity contribution in [2.75, 3.05) is 0 Å². The molecule has 1 nitrogen and oxygen atoms in total. The zero-order valence-corrected chi connectivity index (χ0v) is 9.76. The van der Waals surface area contributed by atoms with E-state index in [-0.39, 0.29) is 0 Å². The van der Waals surface area contributed by atoms with E-state index in [2.05, 4.69) is 18.2 Å². The molecule has 1 radical (unpaired) electrons. The van der Waals surface area contributed by atoms with Crippen LogP contribution in [-0.4, -0.2) is 6.29 Å². The van der Waals surface area contributed by atoms with E-state index >= 15 is 0 Å².